The number of nitrogen functional groups attached to an aromatic ring is 1. The largest absolute Gasteiger partial charge is 0.381 e. The van der Waals surface area contributed by atoms with Crippen molar-refractivity contribution in [3.05, 3.63) is 39.9 Å². The molecule has 0 fully saturated rings. The van der Waals surface area contributed by atoms with Crippen LogP contribution in [-0.2, 0) is 6.42 Å². The second-order valence-electron chi connectivity index (χ2n) is 3.93. The Morgan fingerprint density at radius 2 is 2.06 bits per heavy atom. The summed E-state index contributed by atoms with van der Waals surface area (Å²) in [6.07, 6.45) is 1.69. The fraction of sp³-hybridized carbons (Fsp3) is 0.250. The van der Waals surface area contributed by atoms with Crippen LogP contribution in [0.1, 0.15) is 18.9 Å². The van der Waals surface area contributed by atoms with Crippen molar-refractivity contribution >= 4 is 11.5 Å². The Morgan fingerprint density at radius 1 is 1.39 bits per heavy atom. The van der Waals surface area contributed by atoms with Gasteiger partial charge in [-0.1, -0.05) is 18.5 Å². The molecule has 0 atom stereocenters. The molecule has 1 heterocycles. The van der Waals surface area contributed by atoms with E-state index in [9.17, 15) is 10.1 Å². The van der Waals surface area contributed by atoms with Crippen molar-refractivity contribution < 1.29 is 9.45 Å². The molecule has 94 valence electrons. The van der Waals surface area contributed by atoms with E-state index in [-0.39, 0.29) is 5.69 Å². The van der Waals surface area contributed by atoms with E-state index in [0.29, 0.717) is 11.6 Å². The third kappa shape index (κ3) is 2.17. The van der Waals surface area contributed by atoms with Gasteiger partial charge in [-0.3, -0.25) is 10.1 Å². The van der Waals surface area contributed by atoms with E-state index in [0.717, 1.165) is 24.0 Å². The van der Waals surface area contributed by atoms with Crippen LogP contribution in [0.4, 0.5) is 11.5 Å². The molecule has 1 aromatic carbocycles. The van der Waals surface area contributed by atoms with Crippen molar-refractivity contribution in [3.63, 3.8) is 0 Å². The number of nitrogens with zero attached hydrogens (tertiary/aromatic N) is 2. The lowest BCUT2D eigenvalue weighted by Crippen LogP contribution is -1.93. The molecule has 0 aliphatic rings. The number of nitro benzene ring substituents is 1. The maximum absolute atomic E-state index is 10.6. The Bertz CT molecular complexity index is 560. The summed E-state index contributed by atoms with van der Waals surface area (Å²) in [5.74, 6) is 0.967. The molecule has 0 radical (unpaired) electrons. The molecular weight excluding hydrogens is 234 g/mol. The molecule has 0 aliphatic heterocycles. The second-order valence-corrected chi connectivity index (χ2v) is 3.93. The number of hydrogen-bond donors (Lipinski definition) is 1. The number of nitrogens with two attached hydrogens (primary N) is 1. The third-order valence-electron chi connectivity index (χ3n) is 2.66. The maximum atomic E-state index is 10.6. The molecule has 6 heteroatoms. The van der Waals surface area contributed by atoms with Gasteiger partial charge in [-0.25, -0.2) is 0 Å². The fourth-order valence-electron chi connectivity index (χ4n) is 1.77. The van der Waals surface area contributed by atoms with E-state index in [2.05, 4.69) is 5.16 Å². The minimum absolute atomic E-state index is 0.0447. The first kappa shape index (κ1) is 12.1. The van der Waals surface area contributed by atoms with E-state index in [1.54, 1.807) is 12.1 Å². The van der Waals surface area contributed by atoms with Crippen LogP contribution < -0.4 is 5.73 Å². The number of benzene rings is 1. The molecule has 0 spiro atoms. The van der Waals surface area contributed by atoms with Gasteiger partial charge in [0.15, 0.2) is 11.6 Å². The summed E-state index contributed by atoms with van der Waals surface area (Å²) in [7, 11) is 0. The molecule has 1 aromatic heterocycles. The summed E-state index contributed by atoms with van der Waals surface area (Å²) < 4.78 is 5.19. The molecule has 0 saturated carbocycles. The Kier molecular flexibility index (Phi) is 3.27. The molecule has 2 aromatic rings. The van der Waals surface area contributed by atoms with Crippen molar-refractivity contribution in [2.75, 3.05) is 5.73 Å². The van der Waals surface area contributed by atoms with Crippen LogP contribution in [0.15, 0.2) is 28.8 Å². The zero-order valence-corrected chi connectivity index (χ0v) is 9.92. The molecule has 2 rings (SSSR count). The monoisotopic (exact) mass is 247 g/mol. The number of nitro groups is 1. The first-order chi connectivity index (χ1) is 8.63. The third-order valence-corrected chi connectivity index (χ3v) is 2.66. The fourth-order valence-corrected chi connectivity index (χ4v) is 1.77. The number of non-ortho nitro benzene ring substituents is 1. The lowest BCUT2D eigenvalue weighted by atomic mass is 10.0. The van der Waals surface area contributed by atoms with Gasteiger partial charge in [-0.2, -0.15) is 0 Å². The van der Waals surface area contributed by atoms with E-state index >= 15 is 0 Å². The normalized spacial score (nSPS) is 10.5. The molecule has 0 saturated heterocycles. The van der Waals surface area contributed by atoms with Crippen LogP contribution in [0, 0.1) is 10.1 Å². The lowest BCUT2D eigenvalue weighted by molar-refractivity contribution is -0.384. The predicted molar refractivity (Wildman–Crippen MR) is 67.0 cm³/mol. The van der Waals surface area contributed by atoms with Gasteiger partial charge in [0.2, 0.25) is 0 Å². The molecule has 0 bridgehead atoms. The van der Waals surface area contributed by atoms with Crippen LogP contribution in [0.3, 0.4) is 0 Å². The highest BCUT2D eigenvalue weighted by Gasteiger charge is 2.15. The Hall–Kier alpha value is -2.37. The van der Waals surface area contributed by atoms with Gasteiger partial charge >= 0.3 is 0 Å². The predicted octanol–water partition coefficient (Wildman–Crippen LogP) is 2.78. The van der Waals surface area contributed by atoms with E-state index in [1.807, 2.05) is 6.92 Å². The van der Waals surface area contributed by atoms with Crippen LogP contribution in [0.5, 0.6) is 0 Å². The summed E-state index contributed by atoms with van der Waals surface area (Å²) in [4.78, 5) is 10.1. The van der Waals surface area contributed by atoms with Gasteiger partial charge in [-0.15, -0.1) is 0 Å². The average Bonchev–Trinajstić information content (AvgIpc) is 2.72. The Balaban J connectivity index is 2.39. The van der Waals surface area contributed by atoms with E-state index in [1.165, 1.54) is 12.1 Å². The van der Waals surface area contributed by atoms with Gasteiger partial charge in [0.25, 0.3) is 5.69 Å². The van der Waals surface area contributed by atoms with Crippen LogP contribution in [-0.4, -0.2) is 10.1 Å². The standard InChI is InChI=1S/C12H13N3O3/c1-2-3-10-11(18-14-12(10)13)8-4-6-9(7-5-8)15(16)17/h4-7H,2-3H2,1H3,(H2,13,14). The second kappa shape index (κ2) is 4.87. The smallest absolute Gasteiger partial charge is 0.269 e. The number of anilines is 1. The summed E-state index contributed by atoms with van der Waals surface area (Å²) in [6.45, 7) is 2.03. The lowest BCUT2D eigenvalue weighted by Gasteiger charge is -2.00. The highest BCUT2D eigenvalue weighted by molar-refractivity contribution is 5.67. The van der Waals surface area contributed by atoms with Crippen molar-refractivity contribution in [2.45, 2.75) is 19.8 Å². The molecule has 0 aliphatic carbocycles. The van der Waals surface area contributed by atoms with Gasteiger partial charge < -0.3 is 10.3 Å². The Morgan fingerprint density at radius 3 is 2.61 bits per heavy atom. The minimum Gasteiger partial charge on any atom is -0.381 e. The van der Waals surface area contributed by atoms with Gasteiger partial charge in [-0.05, 0) is 18.6 Å². The summed E-state index contributed by atoms with van der Waals surface area (Å²) in [5.41, 5.74) is 7.37. The topological polar surface area (TPSA) is 95.2 Å². The summed E-state index contributed by atoms with van der Waals surface area (Å²) in [6, 6.07) is 6.14. The van der Waals surface area contributed by atoms with Crippen molar-refractivity contribution in [1.82, 2.24) is 5.16 Å². The summed E-state index contributed by atoms with van der Waals surface area (Å²) in [5, 5.41) is 14.3. The highest BCUT2D eigenvalue weighted by atomic mass is 16.6. The summed E-state index contributed by atoms with van der Waals surface area (Å²) >= 11 is 0. The zero-order chi connectivity index (χ0) is 13.1. The molecule has 6 nitrogen and oxygen atoms in total. The number of aromatic nitrogens is 1. The first-order valence-corrected chi connectivity index (χ1v) is 5.62. The molecular formula is C12H13N3O3. The first-order valence-electron chi connectivity index (χ1n) is 5.62. The van der Waals surface area contributed by atoms with Crippen molar-refractivity contribution in [1.29, 1.82) is 0 Å². The van der Waals surface area contributed by atoms with Crippen LogP contribution >= 0.6 is 0 Å². The van der Waals surface area contributed by atoms with Crippen molar-refractivity contribution in [3.8, 4) is 11.3 Å². The van der Waals surface area contributed by atoms with Gasteiger partial charge in [0.1, 0.15) is 0 Å². The van der Waals surface area contributed by atoms with Gasteiger partial charge in [0, 0.05) is 23.3 Å². The molecule has 0 amide bonds. The van der Waals surface area contributed by atoms with Crippen LogP contribution in [0.2, 0.25) is 0 Å². The van der Waals surface area contributed by atoms with E-state index < -0.39 is 4.92 Å². The average molecular weight is 247 g/mol. The maximum Gasteiger partial charge on any atom is 0.269 e. The Labute approximate surface area is 104 Å². The highest BCUT2D eigenvalue weighted by Crippen LogP contribution is 2.29. The van der Waals surface area contributed by atoms with Crippen LogP contribution in [0.25, 0.3) is 11.3 Å². The number of hydrogen-bond acceptors (Lipinski definition) is 5. The zero-order valence-electron chi connectivity index (χ0n) is 9.92. The quantitative estimate of drug-likeness (QED) is 0.662. The molecule has 0 unspecified atom stereocenters. The molecule has 18 heavy (non-hydrogen) atoms. The van der Waals surface area contributed by atoms with Gasteiger partial charge in [0.05, 0.1) is 4.92 Å². The van der Waals surface area contributed by atoms with E-state index in [4.69, 9.17) is 10.3 Å². The SMILES string of the molecule is CCCc1c(N)noc1-c1ccc([N+](=O)[O-])cc1. The number of rotatable bonds is 4. The minimum atomic E-state index is -0.439. The van der Waals surface area contributed by atoms with Crippen molar-refractivity contribution in [2.24, 2.45) is 0 Å². The molecule has 2 N–H and O–H groups in total.